The van der Waals surface area contributed by atoms with Gasteiger partial charge in [0.2, 0.25) is 10.0 Å². The van der Waals surface area contributed by atoms with Gasteiger partial charge < -0.3 is 5.73 Å². The van der Waals surface area contributed by atoms with Gasteiger partial charge in [0, 0.05) is 12.6 Å². The second-order valence-electron chi connectivity index (χ2n) is 4.72. The minimum atomic E-state index is -3.93. The number of hydrogen-bond donors (Lipinski definition) is 2. The Hall–Kier alpha value is -1.76. The van der Waals surface area contributed by atoms with E-state index in [1.54, 1.807) is 19.1 Å². The minimum Gasteiger partial charge on any atom is -0.326 e. The predicted molar refractivity (Wildman–Crippen MR) is 79.5 cm³/mol. The molecule has 4 nitrogen and oxygen atoms in total. The fraction of sp³-hybridized carbons (Fsp3) is 0.200. The first-order valence-corrected chi connectivity index (χ1v) is 7.98. The number of benzene rings is 2. The van der Waals surface area contributed by atoms with E-state index in [9.17, 15) is 12.8 Å². The fourth-order valence-corrected chi connectivity index (χ4v) is 3.29. The molecule has 0 saturated carbocycles. The molecular weight excluding hydrogens is 291 g/mol. The number of halogens is 1. The van der Waals surface area contributed by atoms with Gasteiger partial charge in [-0.2, -0.15) is 0 Å². The SMILES string of the molecule is CC(NS(=O)(=O)c1ccc(CN)cc1F)c1ccccc1. The van der Waals surface area contributed by atoms with Crippen LogP contribution in [0.5, 0.6) is 0 Å². The number of nitrogens with two attached hydrogens (primary N) is 1. The fourth-order valence-electron chi connectivity index (χ4n) is 2.00. The lowest BCUT2D eigenvalue weighted by Gasteiger charge is -2.15. The van der Waals surface area contributed by atoms with Gasteiger partial charge in [-0.1, -0.05) is 36.4 Å². The molecule has 2 aromatic carbocycles. The van der Waals surface area contributed by atoms with Gasteiger partial charge in [-0.05, 0) is 30.2 Å². The Balaban J connectivity index is 2.26. The van der Waals surface area contributed by atoms with Crippen LogP contribution in [-0.2, 0) is 16.6 Å². The number of nitrogens with one attached hydrogen (secondary N) is 1. The van der Waals surface area contributed by atoms with Crippen LogP contribution in [0.1, 0.15) is 24.1 Å². The lowest BCUT2D eigenvalue weighted by molar-refractivity contribution is 0.546. The van der Waals surface area contributed by atoms with E-state index in [0.29, 0.717) is 5.56 Å². The lowest BCUT2D eigenvalue weighted by atomic mass is 10.1. The molecule has 112 valence electrons. The van der Waals surface area contributed by atoms with Gasteiger partial charge in [-0.25, -0.2) is 17.5 Å². The highest BCUT2D eigenvalue weighted by atomic mass is 32.2. The molecule has 0 amide bonds. The molecular formula is C15H17FN2O2S. The summed E-state index contributed by atoms with van der Waals surface area (Å²) in [4.78, 5) is -0.373. The first kappa shape index (κ1) is 15.6. The van der Waals surface area contributed by atoms with Crippen molar-refractivity contribution >= 4 is 10.0 Å². The predicted octanol–water partition coefficient (Wildman–Crippen LogP) is 2.32. The van der Waals surface area contributed by atoms with Crippen LogP contribution in [-0.4, -0.2) is 8.42 Å². The van der Waals surface area contributed by atoms with Crippen molar-refractivity contribution in [3.05, 3.63) is 65.5 Å². The van der Waals surface area contributed by atoms with Gasteiger partial charge in [0.05, 0.1) is 0 Å². The van der Waals surface area contributed by atoms with E-state index in [1.165, 1.54) is 12.1 Å². The van der Waals surface area contributed by atoms with Crippen molar-refractivity contribution in [2.75, 3.05) is 0 Å². The molecule has 3 N–H and O–H groups in total. The van der Waals surface area contributed by atoms with Crippen LogP contribution in [0.15, 0.2) is 53.4 Å². The second kappa shape index (κ2) is 6.34. The molecule has 0 heterocycles. The molecule has 0 aromatic heterocycles. The molecule has 0 spiro atoms. The van der Waals surface area contributed by atoms with Crippen molar-refractivity contribution < 1.29 is 12.8 Å². The largest absolute Gasteiger partial charge is 0.326 e. The minimum absolute atomic E-state index is 0.158. The first-order chi connectivity index (χ1) is 9.94. The molecule has 21 heavy (non-hydrogen) atoms. The first-order valence-electron chi connectivity index (χ1n) is 6.50. The summed E-state index contributed by atoms with van der Waals surface area (Å²) in [7, 11) is -3.93. The highest BCUT2D eigenvalue weighted by Gasteiger charge is 2.22. The molecule has 1 unspecified atom stereocenters. The highest BCUT2D eigenvalue weighted by Crippen LogP contribution is 2.19. The van der Waals surface area contributed by atoms with Gasteiger partial charge in [0.15, 0.2) is 0 Å². The average molecular weight is 308 g/mol. The summed E-state index contributed by atoms with van der Waals surface area (Å²) in [5.74, 6) is -0.800. The third kappa shape index (κ3) is 3.66. The van der Waals surface area contributed by atoms with Gasteiger partial charge in [0.25, 0.3) is 0 Å². The van der Waals surface area contributed by atoms with E-state index >= 15 is 0 Å². The van der Waals surface area contributed by atoms with E-state index < -0.39 is 21.9 Å². The van der Waals surface area contributed by atoms with Crippen molar-refractivity contribution in [3.8, 4) is 0 Å². The van der Waals surface area contributed by atoms with Crippen molar-refractivity contribution in [2.45, 2.75) is 24.4 Å². The van der Waals surface area contributed by atoms with E-state index in [4.69, 9.17) is 5.73 Å². The molecule has 2 aromatic rings. The maximum Gasteiger partial charge on any atom is 0.244 e. The monoisotopic (exact) mass is 308 g/mol. The van der Waals surface area contributed by atoms with Crippen LogP contribution in [0.3, 0.4) is 0 Å². The van der Waals surface area contributed by atoms with Gasteiger partial charge in [-0.15, -0.1) is 0 Å². The van der Waals surface area contributed by atoms with E-state index in [-0.39, 0.29) is 11.4 Å². The summed E-state index contributed by atoms with van der Waals surface area (Å²) in [5.41, 5.74) is 6.75. The molecule has 0 saturated heterocycles. The van der Waals surface area contributed by atoms with Crippen LogP contribution >= 0.6 is 0 Å². The summed E-state index contributed by atoms with van der Waals surface area (Å²) >= 11 is 0. The topological polar surface area (TPSA) is 72.2 Å². The third-order valence-corrected chi connectivity index (χ3v) is 4.73. The van der Waals surface area contributed by atoms with Crippen LogP contribution in [0.2, 0.25) is 0 Å². The van der Waals surface area contributed by atoms with Crippen molar-refractivity contribution in [1.29, 1.82) is 0 Å². The Kier molecular flexibility index (Phi) is 4.72. The summed E-state index contributed by atoms with van der Waals surface area (Å²) in [6.45, 7) is 1.87. The van der Waals surface area contributed by atoms with Crippen LogP contribution < -0.4 is 10.5 Å². The number of rotatable bonds is 5. The number of sulfonamides is 1. The van der Waals surface area contributed by atoms with Crippen LogP contribution in [0.4, 0.5) is 4.39 Å². The summed E-state index contributed by atoms with van der Waals surface area (Å²) in [5, 5.41) is 0. The Morgan fingerprint density at radius 2 is 1.86 bits per heavy atom. The Bertz CT molecular complexity index is 718. The Morgan fingerprint density at radius 1 is 1.19 bits per heavy atom. The summed E-state index contributed by atoms with van der Waals surface area (Å²) in [6, 6.07) is 12.5. The molecule has 0 fully saturated rings. The standard InChI is InChI=1S/C15H17FN2O2S/c1-11(13-5-3-2-4-6-13)18-21(19,20)15-8-7-12(10-17)9-14(15)16/h2-9,11,18H,10,17H2,1H3. The smallest absolute Gasteiger partial charge is 0.244 e. The highest BCUT2D eigenvalue weighted by molar-refractivity contribution is 7.89. The zero-order valence-electron chi connectivity index (χ0n) is 11.6. The summed E-state index contributed by atoms with van der Waals surface area (Å²) in [6.07, 6.45) is 0. The normalized spacial score (nSPS) is 13.1. The van der Waals surface area contributed by atoms with Crippen molar-refractivity contribution in [3.63, 3.8) is 0 Å². The second-order valence-corrected chi connectivity index (χ2v) is 6.40. The molecule has 0 aliphatic heterocycles. The zero-order valence-corrected chi connectivity index (χ0v) is 12.4. The third-order valence-electron chi connectivity index (χ3n) is 3.15. The molecule has 0 aliphatic carbocycles. The van der Waals surface area contributed by atoms with Gasteiger partial charge in [-0.3, -0.25) is 0 Å². The molecule has 0 bridgehead atoms. The van der Waals surface area contributed by atoms with Crippen molar-refractivity contribution in [1.82, 2.24) is 4.72 Å². The lowest BCUT2D eigenvalue weighted by Crippen LogP contribution is -2.27. The van der Waals surface area contributed by atoms with Gasteiger partial charge in [0.1, 0.15) is 10.7 Å². The molecule has 0 aliphatic rings. The maximum atomic E-state index is 13.9. The van der Waals surface area contributed by atoms with Crippen LogP contribution in [0.25, 0.3) is 0 Å². The molecule has 1 atom stereocenters. The quantitative estimate of drug-likeness (QED) is 0.890. The van der Waals surface area contributed by atoms with E-state index in [0.717, 1.165) is 11.6 Å². The molecule has 6 heteroatoms. The Morgan fingerprint density at radius 3 is 2.43 bits per heavy atom. The van der Waals surface area contributed by atoms with E-state index in [1.807, 2.05) is 18.2 Å². The number of hydrogen-bond acceptors (Lipinski definition) is 3. The Labute approximate surface area is 123 Å². The van der Waals surface area contributed by atoms with Crippen LogP contribution in [0, 0.1) is 5.82 Å². The van der Waals surface area contributed by atoms with E-state index in [2.05, 4.69) is 4.72 Å². The zero-order chi connectivity index (χ0) is 15.5. The van der Waals surface area contributed by atoms with Crippen molar-refractivity contribution in [2.24, 2.45) is 5.73 Å². The maximum absolute atomic E-state index is 13.9. The summed E-state index contributed by atoms with van der Waals surface area (Å²) < 4.78 is 40.9. The molecule has 0 radical (unpaired) electrons. The van der Waals surface area contributed by atoms with Gasteiger partial charge >= 0.3 is 0 Å². The molecule has 2 rings (SSSR count). The average Bonchev–Trinajstić information content (AvgIpc) is 2.47.